The van der Waals surface area contributed by atoms with Crippen LogP contribution in [0.5, 0.6) is 0 Å². The first-order chi connectivity index (χ1) is 8.27. The lowest BCUT2D eigenvalue weighted by molar-refractivity contribution is -0.136. The minimum atomic E-state index is -0.119. The summed E-state index contributed by atoms with van der Waals surface area (Å²) in [5.41, 5.74) is 0. The molecule has 0 aromatic heterocycles. The van der Waals surface area contributed by atoms with E-state index >= 15 is 0 Å². The molecule has 0 saturated heterocycles. The quantitative estimate of drug-likeness (QED) is 0.601. The van der Waals surface area contributed by atoms with Gasteiger partial charge in [0.15, 0.2) is 11.6 Å². The number of ketones is 2. The Hall–Kier alpha value is -0.660. The standard InChI is InChI=1S/C15H24O2/c16-14-9-5-1-3-7-12-11-13(12)8-4-2-6-10-15(14)17/h12-13H,1-11H2. The largest absolute Gasteiger partial charge is 0.291 e. The van der Waals surface area contributed by atoms with Gasteiger partial charge in [-0.3, -0.25) is 9.59 Å². The molecular weight excluding hydrogens is 212 g/mol. The third-order valence-corrected chi connectivity index (χ3v) is 4.34. The molecule has 0 heterocycles. The van der Waals surface area contributed by atoms with Gasteiger partial charge in [-0.05, 0) is 31.1 Å². The molecule has 0 aromatic carbocycles. The van der Waals surface area contributed by atoms with Crippen molar-refractivity contribution < 1.29 is 9.59 Å². The molecule has 96 valence electrons. The summed E-state index contributed by atoms with van der Waals surface area (Å²) in [5.74, 6) is 1.75. The topological polar surface area (TPSA) is 34.1 Å². The molecule has 0 aliphatic heterocycles. The van der Waals surface area contributed by atoms with Crippen LogP contribution in [0.1, 0.15) is 70.6 Å². The molecule has 0 spiro atoms. The second-order valence-electron chi connectivity index (χ2n) is 5.80. The van der Waals surface area contributed by atoms with E-state index in [0.29, 0.717) is 12.8 Å². The van der Waals surface area contributed by atoms with Crippen LogP contribution >= 0.6 is 0 Å². The number of hydrogen-bond acceptors (Lipinski definition) is 2. The summed E-state index contributed by atoms with van der Waals surface area (Å²) in [6.45, 7) is 0. The van der Waals surface area contributed by atoms with Gasteiger partial charge in [0.2, 0.25) is 0 Å². The summed E-state index contributed by atoms with van der Waals surface area (Å²) >= 11 is 0. The van der Waals surface area contributed by atoms with Crippen LogP contribution in [0.4, 0.5) is 0 Å². The first-order valence-corrected chi connectivity index (χ1v) is 7.33. The highest BCUT2D eigenvalue weighted by Gasteiger charge is 2.35. The van der Waals surface area contributed by atoms with Crippen LogP contribution in [0.15, 0.2) is 0 Å². The average Bonchev–Trinajstić information content (AvgIpc) is 3.05. The summed E-state index contributed by atoms with van der Waals surface area (Å²) in [4.78, 5) is 23.0. The number of carbonyl (C=O) groups excluding carboxylic acids is 2. The molecule has 0 radical (unpaired) electrons. The number of Topliss-reactive ketones (excluding diaryl/α,β-unsaturated/α-hetero) is 2. The lowest BCUT2D eigenvalue weighted by Gasteiger charge is -2.04. The van der Waals surface area contributed by atoms with E-state index in [9.17, 15) is 9.59 Å². The van der Waals surface area contributed by atoms with Crippen molar-refractivity contribution in [2.75, 3.05) is 0 Å². The number of hydrogen-bond donors (Lipinski definition) is 0. The van der Waals surface area contributed by atoms with E-state index in [0.717, 1.165) is 37.5 Å². The summed E-state index contributed by atoms with van der Waals surface area (Å²) in [6, 6.07) is 0. The molecule has 2 aliphatic carbocycles. The maximum Gasteiger partial charge on any atom is 0.198 e. The predicted molar refractivity (Wildman–Crippen MR) is 67.8 cm³/mol. The van der Waals surface area contributed by atoms with Crippen molar-refractivity contribution in [3.05, 3.63) is 0 Å². The van der Waals surface area contributed by atoms with Gasteiger partial charge in [-0.2, -0.15) is 0 Å². The lowest BCUT2D eigenvalue weighted by atomic mass is 10.00. The molecule has 2 atom stereocenters. The normalized spacial score (nSPS) is 32.7. The van der Waals surface area contributed by atoms with Crippen LogP contribution in [0, 0.1) is 11.8 Å². The predicted octanol–water partition coefficient (Wildman–Crippen LogP) is 3.68. The van der Waals surface area contributed by atoms with E-state index in [1.54, 1.807) is 0 Å². The molecule has 2 unspecified atom stereocenters. The Morgan fingerprint density at radius 1 is 0.647 bits per heavy atom. The third kappa shape index (κ3) is 4.25. The van der Waals surface area contributed by atoms with Crippen molar-refractivity contribution >= 4 is 11.6 Å². The van der Waals surface area contributed by atoms with Gasteiger partial charge in [-0.25, -0.2) is 0 Å². The van der Waals surface area contributed by atoms with Crippen LogP contribution in [-0.2, 0) is 9.59 Å². The smallest absolute Gasteiger partial charge is 0.198 e. The summed E-state index contributed by atoms with van der Waals surface area (Å²) in [6.07, 6.45) is 11.7. The van der Waals surface area contributed by atoms with Crippen molar-refractivity contribution in [3.8, 4) is 0 Å². The van der Waals surface area contributed by atoms with Crippen LogP contribution in [0.3, 0.4) is 0 Å². The molecule has 17 heavy (non-hydrogen) atoms. The molecule has 0 amide bonds. The number of carbonyl (C=O) groups is 2. The molecule has 0 aromatic rings. The SMILES string of the molecule is O=C1CCCCCC2CC2CCCCCC1=O. The maximum atomic E-state index is 11.5. The molecule has 2 rings (SSSR count). The molecule has 2 aliphatic rings. The zero-order chi connectivity index (χ0) is 12.1. The molecule has 2 nitrogen and oxygen atoms in total. The highest BCUT2D eigenvalue weighted by molar-refractivity contribution is 6.37. The Morgan fingerprint density at radius 2 is 1.12 bits per heavy atom. The molecule has 2 heteroatoms. The van der Waals surface area contributed by atoms with Crippen LogP contribution in [0.25, 0.3) is 0 Å². The van der Waals surface area contributed by atoms with Gasteiger partial charge in [-0.15, -0.1) is 0 Å². The van der Waals surface area contributed by atoms with Crippen molar-refractivity contribution in [1.82, 2.24) is 0 Å². The Labute approximate surface area is 104 Å². The second kappa shape index (κ2) is 6.32. The second-order valence-corrected chi connectivity index (χ2v) is 5.80. The van der Waals surface area contributed by atoms with Crippen molar-refractivity contribution in [3.63, 3.8) is 0 Å². The minimum Gasteiger partial charge on any atom is -0.291 e. The van der Waals surface area contributed by atoms with E-state index in [1.165, 1.54) is 32.1 Å². The van der Waals surface area contributed by atoms with Gasteiger partial charge in [0.1, 0.15) is 0 Å². The van der Waals surface area contributed by atoms with E-state index in [4.69, 9.17) is 0 Å². The molecular formula is C15H24O2. The molecule has 2 fully saturated rings. The summed E-state index contributed by atoms with van der Waals surface area (Å²) in [5, 5.41) is 0. The fourth-order valence-corrected chi connectivity index (χ4v) is 3.03. The zero-order valence-electron chi connectivity index (χ0n) is 10.7. The van der Waals surface area contributed by atoms with Crippen LogP contribution in [0.2, 0.25) is 0 Å². The van der Waals surface area contributed by atoms with Gasteiger partial charge >= 0.3 is 0 Å². The first kappa shape index (κ1) is 12.8. The number of rotatable bonds is 0. The van der Waals surface area contributed by atoms with E-state index in [1.807, 2.05) is 0 Å². The van der Waals surface area contributed by atoms with Crippen LogP contribution in [-0.4, -0.2) is 11.6 Å². The van der Waals surface area contributed by atoms with E-state index in [2.05, 4.69) is 0 Å². The minimum absolute atomic E-state index is 0.119. The van der Waals surface area contributed by atoms with E-state index < -0.39 is 0 Å². The molecule has 2 saturated carbocycles. The summed E-state index contributed by atoms with van der Waals surface area (Å²) < 4.78 is 0. The van der Waals surface area contributed by atoms with Gasteiger partial charge in [0.25, 0.3) is 0 Å². The maximum absolute atomic E-state index is 11.5. The van der Waals surface area contributed by atoms with Gasteiger partial charge in [-0.1, -0.05) is 38.5 Å². The highest BCUT2D eigenvalue weighted by Crippen LogP contribution is 2.45. The Balaban J connectivity index is 1.75. The van der Waals surface area contributed by atoms with Gasteiger partial charge in [0.05, 0.1) is 0 Å². The van der Waals surface area contributed by atoms with Crippen molar-refractivity contribution in [1.29, 1.82) is 0 Å². The Bertz CT molecular complexity index is 255. The van der Waals surface area contributed by atoms with Crippen molar-refractivity contribution in [2.45, 2.75) is 70.6 Å². The Morgan fingerprint density at radius 3 is 1.59 bits per heavy atom. The van der Waals surface area contributed by atoms with Gasteiger partial charge < -0.3 is 0 Å². The number of fused-ring (bicyclic) bond motifs is 1. The molecule has 0 N–H and O–H groups in total. The summed E-state index contributed by atoms with van der Waals surface area (Å²) in [7, 11) is 0. The molecule has 0 bridgehead atoms. The Kier molecular flexibility index (Phi) is 4.75. The highest BCUT2D eigenvalue weighted by atomic mass is 16.2. The monoisotopic (exact) mass is 236 g/mol. The third-order valence-electron chi connectivity index (χ3n) is 4.34. The average molecular weight is 236 g/mol. The van der Waals surface area contributed by atoms with Crippen molar-refractivity contribution in [2.24, 2.45) is 11.8 Å². The zero-order valence-corrected chi connectivity index (χ0v) is 10.7. The fraction of sp³-hybridized carbons (Fsp3) is 0.867. The van der Waals surface area contributed by atoms with Gasteiger partial charge in [0, 0.05) is 12.8 Å². The fourth-order valence-electron chi connectivity index (χ4n) is 3.03. The van der Waals surface area contributed by atoms with E-state index in [-0.39, 0.29) is 11.6 Å². The lowest BCUT2D eigenvalue weighted by Crippen LogP contribution is -2.13. The van der Waals surface area contributed by atoms with Crippen LogP contribution < -0.4 is 0 Å². The first-order valence-electron chi connectivity index (χ1n) is 7.33.